The molecule has 0 aliphatic heterocycles. The third kappa shape index (κ3) is 2.50. The van der Waals surface area contributed by atoms with Crippen molar-refractivity contribution in [2.45, 2.75) is 63.6 Å². The number of esters is 1. The third-order valence-corrected chi connectivity index (χ3v) is 5.32. The highest BCUT2D eigenvalue weighted by molar-refractivity contribution is 5.74. The quantitative estimate of drug-likeness (QED) is 0.806. The number of fused-ring (bicyclic) bond motifs is 2. The van der Waals surface area contributed by atoms with E-state index in [2.05, 4.69) is 0 Å². The van der Waals surface area contributed by atoms with Crippen LogP contribution in [0, 0.1) is 17.8 Å². The molecule has 3 aliphatic rings. The molecule has 112 valence electrons. The van der Waals surface area contributed by atoms with Gasteiger partial charge in [0, 0.05) is 5.92 Å². The first kappa shape index (κ1) is 13.7. The van der Waals surface area contributed by atoms with Crippen LogP contribution in [0.5, 0.6) is 0 Å². The summed E-state index contributed by atoms with van der Waals surface area (Å²) in [5, 5.41) is 8.76. The summed E-state index contributed by atoms with van der Waals surface area (Å²) in [5.41, 5.74) is -0.304. The van der Waals surface area contributed by atoms with Gasteiger partial charge in [0.15, 0.2) is 0 Å². The van der Waals surface area contributed by atoms with Crippen molar-refractivity contribution >= 4 is 12.1 Å². The van der Waals surface area contributed by atoms with Gasteiger partial charge in [0.25, 0.3) is 0 Å². The zero-order valence-corrected chi connectivity index (χ0v) is 11.8. The summed E-state index contributed by atoms with van der Waals surface area (Å²) in [6, 6.07) is 0. The van der Waals surface area contributed by atoms with Crippen LogP contribution < -0.4 is 0 Å². The van der Waals surface area contributed by atoms with E-state index in [1.807, 2.05) is 6.92 Å². The van der Waals surface area contributed by atoms with Crippen molar-refractivity contribution < 1.29 is 24.2 Å². The molecule has 1 N–H and O–H groups in total. The number of ether oxygens (including phenoxy) is 2. The van der Waals surface area contributed by atoms with E-state index in [4.69, 9.17) is 14.6 Å². The standard InChI is InChI=1S/C15H22O5/c1-15(4-2-3-5-15)20-13(16)11-7-9-6-10(11)12(8-9)19-14(17)18/h9-12H,2-8H2,1H3,(H,17,18). The first-order valence-electron chi connectivity index (χ1n) is 7.59. The maximum atomic E-state index is 12.4. The lowest BCUT2D eigenvalue weighted by Crippen LogP contribution is -2.38. The Kier molecular flexibility index (Phi) is 3.38. The minimum Gasteiger partial charge on any atom is -0.459 e. The number of hydrogen-bond donors (Lipinski definition) is 1. The Morgan fingerprint density at radius 1 is 1.15 bits per heavy atom. The van der Waals surface area contributed by atoms with Crippen molar-refractivity contribution in [1.29, 1.82) is 0 Å². The molecule has 0 aromatic rings. The second-order valence-corrected chi connectivity index (χ2v) is 6.84. The van der Waals surface area contributed by atoms with Crippen LogP contribution in [0.15, 0.2) is 0 Å². The van der Waals surface area contributed by atoms with Gasteiger partial charge in [-0.1, -0.05) is 0 Å². The van der Waals surface area contributed by atoms with E-state index in [1.165, 1.54) is 0 Å². The number of rotatable bonds is 3. The summed E-state index contributed by atoms with van der Waals surface area (Å²) in [6.45, 7) is 2.01. The molecule has 0 saturated heterocycles. The molecule has 0 radical (unpaired) electrons. The van der Waals surface area contributed by atoms with Crippen LogP contribution >= 0.6 is 0 Å². The SMILES string of the molecule is CC1(OC(=O)C2CC3CC(OC(=O)O)C2C3)CCCC1. The van der Waals surface area contributed by atoms with Crippen LogP contribution in [-0.4, -0.2) is 28.9 Å². The summed E-state index contributed by atoms with van der Waals surface area (Å²) in [4.78, 5) is 23.1. The number of carboxylic acid groups (broad SMARTS) is 1. The molecular weight excluding hydrogens is 260 g/mol. The fourth-order valence-electron chi connectivity index (χ4n) is 4.37. The lowest BCUT2D eigenvalue weighted by Gasteiger charge is -2.31. The van der Waals surface area contributed by atoms with E-state index in [1.54, 1.807) is 0 Å². The van der Waals surface area contributed by atoms with Crippen molar-refractivity contribution in [3.8, 4) is 0 Å². The maximum absolute atomic E-state index is 12.4. The lowest BCUT2D eigenvalue weighted by molar-refractivity contribution is -0.166. The molecule has 3 rings (SSSR count). The molecule has 0 aromatic carbocycles. The van der Waals surface area contributed by atoms with Gasteiger partial charge in [-0.2, -0.15) is 0 Å². The lowest BCUT2D eigenvalue weighted by atomic mass is 9.86. The van der Waals surface area contributed by atoms with Crippen LogP contribution in [-0.2, 0) is 14.3 Å². The van der Waals surface area contributed by atoms with Crippen LogP contribution in [0.1, 0.15) is 51.9 Å². The molecule has 5 heteroatoms. The maximum Gasteiger partial charge on any atom is 0.506 e. The van der Waals surface area contributed by atoms with Gasteiger partial charge in [0.2, 0.25) is 0 Å². The molecule has 5 nitrogen and oxygen atoms in total. The third-order valence-electron chi connectivity index (χ3n) is 5.32. The molecule has 3 aliphatic carbocycles. The minimum atomic E-state index is -1.24. The molecule has 0 aromatic heterocycles. The Labute approximate surface area is 118 Å². The molecule has 4 unspecified atom stereocenters. The van der Waals surface area contributed by atoms with E-state index >= 15 is 0 Å². The van der Waals surface area contributed by atoms with E-state index in [0.717, 1.165) is 44.9 Å². The first-order valence-corrected chi connectivity index (χ1v) is 7.59. The highest BCUT2D eigenvalue weighted by atomic mass is 16.7. The fourth-order valence-corrected chi connectivity index (χ4v) is 4.37. The van der Waals surface area contributed by atoms with Gasteiger partial charge in [-0.05, 0) is 57.8 Å². The summed E-state index contributed by atoms with van der Waals surface area (Å²) < 4.78 is 10.7. The molecule has 4 atom stereocenters. The Bertz CT molecular complexity index is 412. The molecule has 2 bridgehead atoms. The molecule has 0 heterocycles. The van der Waals surface area contributed by atoms with Crippen LogP contribution in [0.4, 0.5) is 4.79 Å². The topological polar surface area (TPSA) is 72.8 Å². The highest BCUT2D eigenvalue weighted by Gasteiger charge is 2.52. The highest BCUT2D eigenvalue weighted by Crippen LogP contribution is 2.50. The molecule has 20 heavy (non-hydrogen) atoms. The van der Waals surface area contributed by atoms with Gasteiger partial charge in [-0.3, -0.25) is 4.79 Å². The first-order chi connectivity index (χ1) is 9.47. The largest absolute Gasteiger partial charge is 0.506 e. The normalized spacial score (nSPS) is 37.9. The van der Waals surface area contributed by atoms with Crippen molar-refractivity contribution in [2.75, 3.05) is 0 Å². The predicted octanol–water partition coefficient (Wildman–Crippen LogP) is 2.97. The molecule has 3 fully saturated rings. The molecular formula is C15H22O5. The van der Waals surface area contributed by atoms with Crippen molar-refractivity contribution in [3.05, 3.63) is 0 Å². The summed E-state index contributed by atoms with van der Waals surface area (Å²) in [7, 11) is 0. The van der Waals surface area contributed by atoms with E-state index in [-0.39, 0.29) is 29.5 Å². The molecule has 0 amide bonds. The van der Waals surface area contributed by atoms with Gasteiger partial charge in [-0.25, -0.2) is 4.79 Å². The van der Waals surface area contributed by atoms with Crippen molar-refractivity contribution in [2.24, 2.45) is 17.8 Å². The van der Waals surface area contributed by atoms with Gasteiger partial charge < -0.3 is 14.6 Å². The Morgan fingerprint density at radius 2 is 1.85 bits per heavy atom. The average molecular weight is 282 g/mol. The monoisotopic (exact) mass is 282 g/mol. The minimum absolute atomic E-state index is 0.0219. The zero-order chi connectivity index (χ0) is 14.3. The van der Waals surface area contributed by atoms with Gasteiger partial charge in [-0.15, -0.1) is 0 Å². The average Bonchev–Trinajstić information content (AvgIpc) is 3.03. The van der Waals surface area contributed by atoms with E-state index < -0.39 is 6.16 Å². The van der Waals surface area contributed by atoms with Crippen LogP contribution in [0.2, 0.25) is 0 Å². The second kappa shape index (κ2) is 4.93. The number of carbonyl (C=O) groups excluding carboxylic acids is 1. The summed E-state index contributed by atoms with van der Waals surface area (Å²) in [5.74, 6) is 0.128. The van der Waals surface area contributed by atoms with Gasteiger partial charge in [0.05, 0.1) is 5.92 Å². The van der Waals surface area contributed by atoms with Crippen LogP contribution in [0.3, 0.4) is 0 Å². The van der Waals surface area contributed by atoms with E-state index in [0.29, 0.717) is 5.92 Å². The molecule has 3 saturated carbocycles. The van der Waals surface area contributed by atoms with E-state index in [9.17, 15) is 9.59 Å². The fraction of sp³-hybridized carbons (Fsp3) is 0.867. The van der Waals surface area contributed by atoms with Crippen molar-refractivity contribution in [1.82, 2.24) is 0 Å². The second-order valence-electron chi connectivity index (χ2n) is 6.84. The molecule has 0 spiro atoms. The van der Waals surface area contributed by atoms with Crippen LogP contribution in [0.25, 0.3) is 0 Å². The Morgan fingerprint density at radius 3 is 2.45 bits per heavy atom. The Balaban J connectivity index is 1.62. The Hall–Kier alpha value is -1.26. The number of carbonyl (C=O) groups is 2. The summed E-state index contributed by atoms with van der Waals surface area (Å²) in [6.07, 6.45) is 5.04. The van der Waals surface area contributed by atoms with Crippen molar-refractivity contribution in [3.63, 3.8) is 0 Å². The number of hydrogen-bond acceptors (Lipinski definition) is 4. The van der Waals surface area contributed by atoms with Gasteiger partial charge >= 0.3 is 12.1 Å². The predicted molar refractivity (Wildman–Crippen MR) is 70.2 cm³/mol. The summed E-state index contributed by atoms with van der Waals surface area (Å²) >= 11 is 0. The zero-order valence-electron chi connectivity index (χ0n) is 11.8. The smallest absolute Gasteiger partial charge is 0.459 e. The van der Waals surface area contributed by atoms with Gasteiger partial charge in [0.1, 0.15) is 11.7 Å².